The molecule has 1 fully saturated rings. The SMILES string of the molecule is O=C1CC(=O)N(c2cc(Cl)c(Br)cc2Cl)C1. The van der Waals surface area contributed by atoms with Crippen LogP contribution in [0.25, 0.3) is 0 Å². The van der Waals surface area contributed by atoms with Crippen molar-refractivity contribution in [2.24, 2.45) is 0 Å². The van der Waals surface area contributed by atoms with Crippen LogP contribution in [0.2, 0.25) is 10.0 Å². The van der Waals surface area contributed by atoms with Crippen molar-refractivity contribution in [3.8, 4) is 0 Å². The zero-order chi connectivity index (χ0) is 11.9. The van der Waals surface area contributed by atoms with Crippen LogP contribution in [0.5, 0.6) is 0 Å². The molecule has 0 aliphatic carbocycles. The van der Waals surface area contributed by atoms with Gasteiger partial charge in [0.15, 0.2) is 5.78 Å². The van der Waals surface area contributed by atoms with Crippen LogP contribution in [0.1, 0.15) is 6.42 Å². The number of Topliss-reactive ketones (excluding diaryl/α,β-unsaturated/α-hetero) is 1. The molecule has 6 heteroatoms. The molecule has 0 spiro atoms. The van der Waals surface area contributed by atoms with Gasteiger partial charge < -0.3 is 4.90 Å². The molecular formula is C10H6BrCl2NO2. The molecule has 0 aromatic heterocycles. The number of anilines is 1. The second kappa shape index (κ2) is 4.35. The van der Waals surface area contributed by atoms with Crippen molar-refractivity contribution in [1.29, 1.82) is 0 Å². The van der Waals surface area contributed by atoms with Crippen molar-refractivity contribution >= 4 is 56.5 Å². The van der Waals surface area contributed by atoms with Gasteiger partial charge in [-0.3, -0.25) is 9.59 Å². The first-order valence-electron chi connectivity index (χ1n) is 4.45. The summed E-state index contributed by atoms with van der Waals surface area (Å²) in [7, 11) is 0. The minimum atomic E-state index is -0.245. The lowest BCUT2D eigenvalue weighted by Gasteiger charge is -2.17. The Morgan fingerprint density at radius 1 is 1.19 bits per heavy atom. The van der Waals surface area contributed by atoms with E-state index in [9.17, 15) is 9.59 Å². The van der Waals surface area contributed by atoms with E-state index in [0.29, 0.717) is 20.2 Å². The van der Waals surface area contributed by atoms with E-state index in [4.69, 9.17) is 23.2 Å². The van der Waals surface area contributed by atoms with Gasteiger partial charge >= 0.3 is 0 Å². The topological polar surface area (TPSA) is 37.4 Å². The van der Waals surface area contributed by atoms with Crippen molar-refractivity contribution in [2.45, 2.75) is 6.42 Å². The van der Waals surface area contributed by atoms with Crippen molar-refractivity contribution in [3.05, 3.63) is 26.7 Å². The first-order valence-corrected chi connectivity index (χ1v) is 6.00. The Kier molecular flexibility index (Phi) is 3.24. The van der Waals surface area contributed by atoms with Gasteiger partial charge in [0.2, 0.25) is 5.91 Å². The zero-order valence-electron chi connectivity index (χ0n) is 7.97. The standard InChI is InChI=1S/C10H6BrCl2NO2/c11-6-2-8(13)9(3-7(6)12)14-4-5(15)1-10(14)16/h2-3H,1,4H2. The fourth-order valence-corrected chi connectivity index (χ4v) is 2.42. The number of hydrogen-bond donors (Lipinski definition) is 0. The molecule has 1 aliphatic rings. The Balaban J connectivity index is 2.45. The molecule has 1 heterocycles. The van der Waals surface area contributed by atoms with Gasteiger partial charge in [-0.25, -0.2) is 0 Å². The molecule has 0 unspecified atom stereocenters. The van der Waals surface area contributed by atoms with Crippen LogP contribution in [0.15, 0.2) is 16.6 Å². The molecular weight excluding hydrogens is 317 g/mol. The predicted molar refractivity (Wildman–Crippen MR) is 66.1 cm³/mol. The minimum Gasteiger partial charge on any atom is -0.303 e. The van der Waals surface area contributed by atoms with Gasteiger partial charge in [-0.15, -0.1) is 0 Å². The summed E-state index contributed by atoms with van der Waals surface area (Å²) in [6, 6.07) is 3.18. The number of nitrogens with zero attached hydrogens (tertiary/aromatic N) is 1. The second-order valence-electron chi connectivity index (χ2n) is 3.41. The van der Waals surface area contributed by atoms with E-state index < -0.39 is 0 Å². The molecule has 1 saturated heterocycles. The fourth-order valence-electron chi connectivity index (χ4n) is 1.52. The normalized spacial score (nSPS) is 16.1. The smallest absolute Gasteiger partial charge is 0.234 e. The summed E-state index contributed by atoms with van der Waals surface area (Å²) in [6.07, 6.45) is -0.0655. The van der Waals surface area contributed by atoms with Crippen LogP contribution >= 0.6 is 39.1 Å². The maximum absolute atomic E-state index is 11.5. The van der Waals surface area contributed by atoms with Gasteiger partial charge in [0, 0.05) is 4.47 Å². The molecule has 1 aromatic rings. The lowest BCUT2D eigenvalue weighted by atomic mass is 10.3. The lowest BCUT2D eigenvalue weighted by molar-refractivity contribution is -0.121. The molecule has 16 heavy (non-hydrogen) atoms. The molecule has 0 saturated carbocycles. The van der Waals surface area contributed by atoms with Crippen LogP contribution < -0.4 is 4.90 Å². The van der Waals surface area contributed by atoms with Crippen LogP contribution in [0, 0.1) is 0 Å². The summed E-state index contributed by atoms with van der Waals surface area (Å²) >= 11 is 15.1. The maximum Gasteiger partial charge on any atom is 0.234 e. The van der Waals surface area contributed by atoms with Gasteiger partial charge in [-0.05, 0) is 28.1 Å². The van der Waals surface area contributed by atoms with Gasteiger partial charge in [0.25, 0.3) is 0 Å². The molecule has 0 radical (unpaired) electrons. The Labute approximate surface area is 110 Å². The Morgan fingerprint density at radius 3 is 2.44 bits per heavy atom. The van der Waals surface area contributed by atoms with E-state index in [2.05, 4.69) is 15.9 Å². The second-order valence-corrected chi connectivity index (χ2v) is 5.08. The van der Waals surface area contributed by atoms with Gasteiger partial charge in [0.05, 0.1) is 28.7 Å². The fraction of sp³-hybridized carbons (Fsp3) is 0.200. The van der Waals surface area contributed by atoms with E-state index in [1.807, 2.05) is 0 Å². The third kappa shape index (κ3) is 2.10. The van der Waals surface area contributed by atoms with E-state index >= 15 is 0 Å². The van der Waals surface area contributed by atoms with E-state index in [-0.39, 0.29) is 24.7 Å². The van der Waals surface area contributed by atoms with Crippen molar-refractivity contribution < 1.29 is 9.59 Å². The first-order chi connectivity index (χ1) is 7.49. The highest BCUT2D eigenvalue weighted by Gasteiger charge is 2.30. The van der Waals surface area contributed by atoms with Gasteiger partial charge in [-0.2, -0.15) is 0 Å². The average molecular weight is 323 g/mol. The van der Waals surface area contributed by atoms with Crippen LogP contribution in [0.3, 0.4) is 0 Å². The number of hydrogen-bond acceptors (Lipinski definition) is 2. The van der Waals surface area contributed by atoms with Crippen molar-refractivity contribution in [2.75, 3.05) is 11.4 Å². The number of amides is 1. The average Bonchev–Trinajstić information content (AvgIpc) is 2.51. The van der Waals surface area contributed by atoms with E-state index in [1.165, 1.54) is 4.90 Å². The molecule has 1 aliphatic heterocycles. The monoisotopic (exact) mass is 321 g/mol. The number of benzene rings is 1. The van der Waals surface area contributed by atoms with E-state index in [1.54, 1.807) is 12.1 Å². The van der Waals surface area contributed by atoms with Gasteiger partial charge in [-0.1, -0.05) is 23.2 Å². The van der Waals surface area contributed by atoms with Gasteiger partial charge in [0.1, 0.15) is 0 Å². The molecule has 2 rings (SSSR count). The highest BCUT2D eigenvalue weighted by Crippen LogP contribution is 2.35. The van der Waals surface area contributed by atoms with E-state index in [0.717, 1.165) is 0 Å². The Morgan fingerprint density at radius 2 is 1.88 bits per heavy atom. The van der Waals surface area contributed by atoms with Crippen molar-refractivity contribution in [3.63, 3.8) is 0 Å². The van der Waals surface area contributed by atoms with Crippen LogP contribution in [-0.4, -0.2) is 18.2 Å². The largest absolute Gasteiger partial charge is 0.303 e. The van der Waals surface area contributed by atoms with Crippen LogP contribution in [-0.2, 0) is 9.59 Å². The minimum absolute atomic E-state index is 0.0655. The molecule has 1 amide bonds. The quantitative estimate of drug-likeness (QED) is 0.588. The lowest BCUT2D eigenvalue weighted by Crippen LogP contribution is -2.24. The summed E-state index contributed by atoms with van der Waals surface area (Å²) in [5.74, 6) is -0.356. The molecule has 84 valence electrons. The summed E-state index contributed by atoms with van der Waals surface area (Å²) in [6.45, 7) is 0.0660. The third-order valence-corrected chi connectivity index (χ3v) is 3.76. The highest BCUT2D eigenvalue weighted by molar-refractivity contribution is 9.10. The summed E-state index contributed by atoms with van der Waals surface area (Å²) in [4.78, 5) is 24.0. The molecule has 0 atom stereocenters. The highest BCUT2D eigenvalue weighted by atomic mass is 79.9. The third-order valence-electron chi connectivity index (χ3n) is 2.26. The predicted octanol–water partition coefficient (Wildman–Crippen LogP) is 3.06. The van der Waals surface area contributed by atoms with Crippen LogP contribution in [0.4, 0.5) is 5.69 Å². The first kappa shape index (κ1) is 11.9. The number of carbonyl (C=O) groups excluding carboxylic acids is 2. The summed E-state index contributed by atoms with van der Waals surface area (Å²) in [5.41, 5.74) is 0.478. The molecule has 0 N–H and O–H groups in total. The zero-order valence-corrected chi connectivity index (χ0v) is 11.1. The number of carbonyl (C=O) groups is 2. The number of rotatable bonds is 1. The maximum atomic E-state index is 11.5. The number of ketones is 1. The molecule has 1 aromatic carbocycles. The molecule has 3 nitrogen and oxygen atoms in total. The Hall–Kier alpha value is -0.580. The molecule has 0 bridgehead atoms. The summed E-state index contributed by atoms with van der Waals surface area (Å²) in [5, 5.41) is 0.839. The Bertz CT molecular complexity index is 490. The van der Waals surface area contributed by atoms with Crippen molar-refractivity contribution in [1.82, 2.24) is 0 Å². The summed E-state index contributed by atoms with van der Waals surface area (Å²) < 4.78 is 0.654. The number of halogens is 3.